The molecule has 4 N–H and O–H groups in total. The Bertz CT molecular complexity index is 584. The van der Waals surface area contributed by atoms with Crippen LogP contribution >= 0.6 is 0 Å². The monoisotopic (exact) mass is 336 g/mol. The van der Waals surface area contributed by atoms with Crippen LogP contribution in [0.15, 0.2) is 11.6 Å². The van der Waals surface area contributed by atoms with E-state index in [1.54, 1.807) is 0 Å². The maximum absolute atomic E-state index is 11.6. The smallest absolute Gasteiger partial charge is 0.101 e. The second-order valence-electron chi connectivity index (χ2n) is 9.72. The minimum atomic E-state index is -1.31. The fraction of sp³-hybridized carbons (Fsp3) is 0.900. The molecule has 4 nitrogen and oxygen atoms in total. The summed E-state index contributed by atoms with van der Waals surface area (Å²) in [6, 6.07) is 0. The number of aliphatic hydroxyl groups excluding tert-OH is 3. The van der Waals surface area contributed by atoms with Gasteiger partial charge in [-0.15, -0.1) is 0 Å². The van der Waals surface area contributed by atoms with Crippen molar-refractivity contribution in [3.8, 4) is 0 Å². The van der Waals surface area contributed by atoms with E-state index in [0.29, 0.717) is 12.8 Å². The molecule has 4 heteroatoms. The van der Waals surface area contributed by atoms with Gasteiger partial charge in [0.15, 0.2) is 0 Å². The van der Waals surface area contributed by atoms with E-state index in [-0.39, 0.29) is 23.7 Å². The molecule has 0 heterocycles. The van der Waals surface area contributed by atoms with Crippen LogP contribution in [0, 0.1) is 34.5 Å². The van der Waals surface area contributed by atoms with Gasteiger partial charge in [0.1, 0.15) is 5.60 Å². The zero-order chi connectivity index (χ0) is 17.7. The van der Waals surface area contributed by atoms with Crippen molar-refractivity contribution in [2.45, 2.75) is 77.3 Å². The van der Waals surface area contributed by atoms with Crippen molar-refractivity contribution in [2.75, 3.05) is 0 Å². The zero-order valence-corrected chi connectivity index (χ0v) is 15.2. The molecule has 3 fully saturated rings. The van der Waals surface area contributed by atoms with E-state index in [0.717, 1.165) is 12.8 Å². The highest BCUT2D eigenvalue weighted by molar-refractivity contribution is 5.31. The Morgan fingerprint density at radius 2 is 1.71 bits per heavy atom. The van der Waals surface area contributed by atoms with Crippen molar-refractivity contribution in [2.24, 2.45) is 34.5 Å². The summed E-state index contributed by atoms with van der Waals surface area (Å²) in [5.41, 5.74) is -1.25. The molecule has 4 aliphatic carbocycles. The molecule has 0 saturated heterocycles. The van der Waals surface area contributed by atoms with Crippen molar-refractivity contribution < 1.29 is 20.4 Å². The van der Waals surface area contributed by atoms with Crippen LogP contribution < -0.4 is 0 Å². The molecule has 4 aliphatic rings. The molecule has 3 saturated carbocycles. The third-order valence-electron chi connectivity index (χ3n) is 8.72. The highest BCUT2D eigenvalue weighted by Gasteiger charge is 2.70. The van der Waals surface area contributed by atoms with Crippen LogP contribution in [-0.2, 0) is 0 Å². The van der Waals surface area contributed by atoms with Crippen LogP contribution in [0.5, 0.6) is 0 Å². The summed E-state index contributed by atoms with van der Waals surface area (Å²) in [7, 11) is 0. The van der Waals surface area contributed by atoms with Gasteiger partial charge in [-0.25, -0.2) is 0 Å². The molecule has 1 spiro atoms. The first-order chi connectivity index (χ1) is 11.1. The largest absolute Gasteiger partial charge is 0.392 e. The fourth-order valence-electron chi connectivity index (χ4n) is 7.19. The minimum Gasteiger partial charge on any atom is -0.392 e. The van der Waals surface area contributed by atoms with E-state index < -0.39 is 34.7 Å². The molecule has 0 aliphatic heterocycles. The third-order valence-corrected chi connectivity index (χ3v) is 8.72. The van der Waals surface area contributed by atoms with Crippen LogP contribution in [0.4, 0.5) is 0 Å². The first-order valence-electron chi connectivity index (χ1n) is 9.53. The standard InChI is InChI=1S/C20H32O4/c1-10-8-19-9-16(22)20(24)14(7-15(21)18(20,3)4)11(2)13(19)6-5-12(10)17(19)23/h8,11-17,21-24H,5-7,9H2,1-4H3/t11-,12-,13-,14-,15-,16+,17+,19+,20-/m0/s1. The quantitative estimate of drug-likeness (QED) is 0.509. The molecule has 0 radical (unpaired) electrons. The van der Waals surface area contributed by atoms with Gasteiger partial charge < -0.3 is 20.4 Å². The average molecular weight is 336 g/mol. The molecule has 0 aromatic carbocycles. The number of fused-ring (bicyclic) bond motifs is 2. The summed E-state index contributed by atoms with van der Waals surface area (Å²) in [5, 5.41) is 44.4. The lowest BCUT2D eigenvalue weighted by atomic mass is 9.59. The number of hydrogen-bond acceptors (Lipinski definition) is 4. The summed E-state index contributed by atoms with van der Waals surface area (Å²) in [6.07, 6.45) is 3.13. The summed E-state index contributed by atoms with van der Waals surface area (Å²) < 4.78 is 0. The van der Waals surface area contributed by atoms with Crippen molar-refractivity contribution in [1.29, 1.82) is 0 Å². The Labute approximate surface area is 144 Å². The Balaban J connectivity index is 1.85. The first kappa shape index (κ1) is 17.0. The van der Waals surface area contributed by atoms with Gasteiger partial charge in [0.2, 0.25) is 0 Å². The predicted molar refractivity (Wildman–Crippen MR) is 91.0 cm³/mol. The molecule has 0 amide bonds. The average Bonchev–Trinajstić information content (AvgIpc) is 2.73. The van der Waals surface area contributed by atoms with Gasteiger partial charge in [0.25, 0.3) is 0 Å². The van der Waals surface area contributed by atoms with Gasteiger partial charge >= 0.3 is 0 Å². The molecule has 136 valence electrons. The molecule has 0 aromatic rings. The predicted octanol–water partition coefficient (Wildman–Crippen LogP) is 1.86. The second kappa shape index (κ2) is 4.85. The maximum atomic E-state index is 11.6. The number of aliphatic hydroxyl groups is 4. The van der Waals surface area contributed by atoms with Crippen molar-refractivity contribution >= 4 is 0 Å². The van der Waals surface area contributed by atoms with Gasteiger partial charge in [-0.05, 0) is 50.4 Å². The van der Waals surface area contributed by atoms with Gasteiger partial charge in [-0.3, -0.25) is 0 Å². The molecule has 0 unspecified atom stereocenters. The van der Waals surface area contributed by atoms with Gasteiger partial charge in [0, 0.05) is 16.7 Å². The molecule has 0 aromatic heterocycles. The van der Waals surface area contributed by atoms with Crippen molar-refractivity contribution in [3.05, 3.63) is 11.6 Å². The number of rotatable bonds is 0. The molecule has 24 heavy (non-hydrogen) atoms. The SMILES string of the molecule is CC1=C[C@@]23C[C@@H](O)[C@@]4(O)[C@@H](C[C@H](O)C4(C)C)[C@@H](C)[C@@H]2CC[C@@H]1[C@H]3O. The Morgan fingerprint density at radius 3 is 2.38 bits per heavy atom. The van der Waals surface area contributed by atoms with Gasteiger partial charge in [-0.1, -0.05) is 32.4 Å². The molecule has 9 atom stereocenters. The van der Waals surface area contributed by atoms with Crippen molar-refractivity contribution in [1.82, 2.24) is 0 Å². The van der Waals surface area contributed by atoms with E-state index in [2.05, 4.69) is 19.9 Å². The van der Waals surface area contributed by atoms with Crippen LogP contribution in [-0.4, -0.2) is 44.3 Å². The zero-order valence-electron chi connectivity index (χ0n) is 15.2. The molecular weight excluding hydrogens is 304 g/mol. The molecular formula is C20H32O4. The third kappa shape index (κ3) is 1.69. The van der Waals surface area contributed by atoms with Crippen LogP contribution in [0.2, 0.25) is 0 Å². The second-order valence-corrected chi connectivity index (χ2v) is 9.72. The fourth-order valence-corrected chi connectivity index (χ4v) is 7.19. The van der Waals surface area contributed by atoms with E-state index in [9.17, 15) is 20.4 Å². The first-order valence-corrected chi connectivity index (χ1v) is 9.53. The Kier molecular flexibility index (Phi) is 3.44. The lowest BCUT2D eigenvalue weighted by Crippen LogP contribution is -2.57. The highest BCUT2D eigenvalue weighted by atomic mass is 16.4. The van der Waals surface area contributed by atoms with Gasteiger partial charge in [-0.2, -0.15) is 0 Å². The molecule has 4 rings (SSSR count). The lowest BCUT2D eigenvalue weighted by Gasteiger charge is -2.47. The van der Waals surface area contributed by atoms with Crippen LogP contribution in [0.1, 0.15) is 53.4 Å². The van der Waals surface area contributed by atoms with Crippen LogP contribution in [0.25, 0.3) is 0 Å². The summed E-state index contributed by atoms with van der Waals surface area (Å²) in [4.78, 5) is 0. The molecule has 2 bridgehead atoms. The van der Waals surface area contributed by atoms with E-state index >= 15 is 0 Å². The van der Waals surface area contributed by atoms with Gasteiger partial charge in [0.05, 0.1) is 18.3 Å². The summed E-state index contributed by atoms with van der Waals surface area (Å²) in [5.74, 6) is 0.462. The Morgan fingerprint density at radius 1 is 1.04 bits per heavy atom. The number of hydrogen-bond donors (Lipinski definition) is 4. The lowest BCUT2D eigenvalue weighted by molar-refractivity contribution is -0.177. The normalized spacial score (nSPS) is 58.7. The van der Waals surface area contributed by atoms with Crippen molar-refractivity contribution in [3.63, 3.8) is 0 Å². The highest BCUT2D eigenvalue weighted by Crippen LogP contribution is 2.66. The minimum absolute atomic E-state index is 0.139. The van der Waals surface area contributed by atoms with E-state index in [1.165, 1.54) is 5.57 Å². The van der Waals surface area contributed by atoms with E-state index in [4.69, 9.17) is 0 Å². The van der Waals surface area contributed by atoms with Crippen LogP contribution in [0.3, 0.4) is 0 Å². The van der Waals surface area contributed by atoms with E-state index in [1.807, 2.05) is 13.8 Å². The topological polar surface area (TPSA) is 80.9 Å². The summed E-state index contributed by atoms with van der Waals surface area (Å²) >= 11 is 0. The maximum Gasteiger partial charge on any atom is 0.101 e. The summed E-state index contributed by atoms with van der Waals surface area (Å²) in [6.45, 7) is 7.99. The Hall–Kier alpha value is -0.420.